The Balaban J connectivity index is 1.41. The largest absolute Gasteiger partial charge is 0.467 e. The van der Waals surface area contributed by atoms with Crippen molar-refractivity contribution >= 4 is 40.0 Å². The van der Waals surface area contributed by atoms with E-state index in [1.54, 1.807) is 11.2 Å². The molecule has 2 aromatic rings. The number of aromatic nitrogens is 2. The summed E-state index contributed by atoms with van der Waals surface area (Å²) in [4.78, 5) is 25.2. The van der Waals surface area contributed by atoms with E-state index in [4.69, 9.17) is 10.2 Å². The van der Waals surface area contributed by atoms with Gasteiger partial charge in [0.05, 0.1) is 18.6 Å². The van der Waals surface area contributed by atoms with E-state index in [1.165, 1.54) is 23.1 Å². The molecular formula is C15H19N5O3S2. The number of rotatable bonds is 7. The molecule has 134 valence electrons. The molecule has 0 radical (unpaired) electrons. The van der Waals surface area contributed by atoms with Gasteiger partial charge in [-0.05, 0) is 25.0 Å². The van der Waals surface area contributed by atoms with Gasteiger partial charge in [0.25, 0.3) is 0 Å². The highest BCUT2D eigenvalue weighted by Gasteiger charge is 2.25. The summed E-state index contributed by atoms with van der Waals surface area (Å²) in [7, 11) is 0. The molecule has 0 aromatic carbocycles. The average Bonchev–Trinajstić information content (AvgIpc) is 3.29. The van der Waals surface area contributed by atoms with E-state index < -0.39 is 0 Å². The molecule has 0 saturated carbocycles. The Kier molecular flexibility index (Phi) is 5.92. The molecular weight excluding hydrogens is 362 g/mol. The second kappa shape index (κ2) is 8.34. The van der Waals surface area contributed by atoms with Gasteiger partial charge in [-0.3, -0.25) is 9.59 Å². The zero-order valence-corrected chi connectivity index (χ0v) is 15.1. The third-order valence-corrected chi connectivity index (χ3v) is 5.97. The molecule has 1 aliphatic heterocycles. The standard InChI is InChI=1S/C15H19N5O3S2/c16-13(22)10-3-5-20(6-4-10)12(21)9-24-15-19-18-14(25-15)17-8-11-2-1-7-23-11/h1-2,7,10H,3-6,8-9H2,(H2,16,22)(H,17,18). The van der Waals surface area contributed by atoms with E-state index in [1.807, 2.05) is 12.1 Å². The minimum Gasteiger partial charge on any atom is -0.467 e. The van der Waals surface area contributed by atoms with Crippen molar-refractivity contribution in [1.82, 2.24) is 15.1 Å². The van der Waals surface area contributed by atoms with Crippen molar-refractivity contribution in [2.45, 2.75) is 23.7 Å². The van der Waals surface area contributed by atoms with Crippen LogP contribution >= 0.6 is 23.1 Å². The zero-order chi connectivity index (χ0) is 17.6. The Morgan fingerprint density at radius 1 is 1.40 bits per heavy atom. The monoisotopic (exact) mass is 381 g/mol. The number of hydrogen-bond acceptors (Lipinski definition) is 8. The van der Waals surface area contributed by atoms with Crippen molar-refractivity contribution in [1.29, 1.82) is 0 Å². The highest BCUT2D eigenvalue weighted by atomic mass is 32.2. The molecule has 8 nitrogen and oxygen atoms in total. The number of hydrogen-bond donors (Lipinski definition) is 2. The molecule has 1 aliphatic rings. The first-order chi connectivity index (χ1) is 12.1. The van der Waals surface area contributed by atoms with Crippen molar-refractivity contribution < 1.29 is 14.0 Å². The highest BCUT2D eigenvalue weighted by molar-refractivity contribution is 8.01. The fourth-order valence-corrected chi connectivity index (χ4v) is 4.19. The van der Waals surface area contributed by atoms with Crippen LogP contribution in [0.3, 0.4) is 0 Å². The van der Waals surface area contributed by atoms with Crippen molar-refractivity contribution in [2.75, 3.05) is 24.2 Å². The number of piperidine rings is 1. The van der Waals surface area contributed by atoms with Crippen molar-refractivity contribution in [2.24, 2.45) is 11.7 Å². The Morgan fingerprint density at radius 2 is 2.20 bits per heavy atom. The van der Waals surface area contributed by atoms with Crippen LogP contribution in [0.1, 0.15) is 18.6 Å². The smallest absolute Gasteiger partial charge is 0.233 e. The highest BCUT2D eigenvalue weighted by Crippen LogP contribution is 2.26. The first-order valence-electron chi connectivity index (χ1n) is 7.91. The number of anilines is 1. The molecule has 0 unspecified atom stereocenters. The topological polar surface area (TPSA) is 114 Å². The van der Waals surface area contributed by atoms with Crippen LogP contribution in [0.15, 0.2) is 27.2 Å². The predicted octanol–water partition coefficient (Wildman–Crippen LogP) is 1.56. The Hall–Kier alpha value is -2.07. The van der Waals surface area contributed by atoms with E-state index in [2.05, 4.69) is 15.5 Å². The molecule has 1 fully saturated rings. The Morgan fingerprint density at radius 3 is 2.88 bits per heavy atom. The van der Waals surface area contributed by atoms with Gasteiger partial charge >= 0.3 is 0 Å². The van der Waals surface area contributed by atoms with Gasteiger partial charge in [0.2, 0.25) is 16.9 Å². The molecule has 3 N–H and O–H groups in total. The fourth-order valence-electron chi connectivity index (χ4n) is 2.54. The van der Waals surface area contributed by atoms with Gasteiger partial charge in [0, 0.05) is 19.0 Å². The van der Waals surface area contributed by atoms with E-state index in [0.717, 1.165) is 10.1 Å². The summed E-state index contributed by atoms with van der Waals surface area (Å²) in [5.74, 6) is 0.799. The summed E-state index contributed by atoms with van der Waals surface area (Å²) in [5.41, 5.74) is 5.31. The van der Waals surface area contributed by atoms with Crippen LogP contribution in [0.5, 0.6) is 0 Å². The number of furan rings is 1. The quantitative estimate of drug-likeness (QED) is 0.699. The lowest BCUT2D eigenvalue weighted by molar-refractivity contribution is -0.132. The lowest BCUT2D eigenvalue weighted by Crippen LogP contribution is -2.42. The van der Waals surface area contributed by atoms with E-state index in [0.29, 0.717) is 43.4 Å². The third kappa shape index (κ3) is 4.95. The molecule has 3 rings (SSSR count). The van der Waals surface area contributed by atoms with Crippen LogP contribution in [0.4, 0.5) is 5.13 Å². The van der Waals surface area contributed by atoms with Crippen molar-refractivity contribution in [3.05, 3.63) is 24.2 Å². The second-order valence-corrected chi connectivity index (χ2v) is 7.85. The fraction of sp³-hybridized carbons (Fsp3) is 0.467. The van der Waals surface area contributed by atoms with Crippen LogP contribution in [0.25, 0.3) is 0 Å². The lowest BCUT2D eigenvalue weighted by Gasteiger charge is -2.30. The molecule has 2 aromatic heterocycles. The molecule has 3 heterocycles. The molecule has 0 bridgehead atoms. The molecule has 2 amide bonds. The van der Waals surface area contributed by atoms with Gasteiger partial charge in [0.15, 0.2) is 4.34 Å². The zero-order valence-electron chi connectivity index (χ0n) is 13.5. The normalized spacial score (nSPS) is 15.3. The van der Waals surface area contributed by atoms with Crippen LogP contribution in [-0.2, 0) is 16.1 Å². The Bertz CT molecular complexity index is 711. The first-order valence-corrected chi connectivity index (χ1v) is 9.71. The SMILES string of the molecule is NC(=O)C1CCN(C(=O)CSc2nnc(NCc3ccco3)s2)CC1. The van der Waals surface area contributed by atoms with E-state index >= 15 is 0 Å². The first kappa shape index (κ1) is 17.7. The molecule has 0 atom stereocenters. The predicted molar refractivity (Wildman–Crippen MR) is 95.2 cm³/mol. The number of amides is 2. The number of carbonyl (C=O) groups excluding carboxylic acids is 2. The van der Waals surface area contributed by atoms with E-state index in [-0.39, 0.29) is 17.7 Å². The maximum atomic E-state index is 12.3. The number of nitrogens with one attached hydrogen (secondary N) is 1. The average molecular weight is 381 g/mol. The van der Waals surface area contributed by atoms with Crippen LogP contribution in [0, 0.1) is 5.92 Å². The Labute approximate surface area is 153 Å². The molecule has 25 heavy (non-hydrogen) atoms. The minimum atomic E-state index is -0.273. The van der Waals surface area contributed by atoms with Gasteiger partial charge in [0.1, 0.15) is 5.76 Å². The van der Waals surface area contributed by atoms with Gasteiger partial charge < -0.3 is 20.4 Å². The number of thioether (sulfide) groups is 1. The maximum Gasteiger partial charge on any atom is 0.233 e. The van der Waals surface area contributed by atoms with Crippen molar-refractivity contribution in [3.8, 4) is 0 Å². The number of nitrogens with two attached hydrogens (primary N) is 1. The summed E-state index contributed by atoms with van der Waals surface area (Å²) >= 11 is 2.78. The molecule has 0 aliphatic carbocycles. The van der Waals surface area contributed by atoms with Gasteiger partial charge in [-0.25, -0.2) is 0 Å². The van der Waals surface area contributed by atoms with Gasteiger partial charge in [-0.2, -0.15) is 0 Å². The molecule has 0 spiro atoms. The maximum absolute atomic E-state index is 12.3. The number of carbonyl (C=O) groups is 2. The molecule has 10 heteroatoms. The van der Waals surface area contributed by atoms with Crippen LogP contribution in [0.2, 0.25) is 0 Å². The minimum absolute atomic E-state index is 0.0493. The van der Waals surface area contributed by atoms with E-state index in [9.17, 15) is 9.59 Å². The number of nitrogens with zero attached hydrogens (tertiary/aromatic N) is 3. The summed E-state index contributed by atoms with van der Waals surface area (Å²) in [5, 5.41) is 12.0. The third-order valence-electron chi connectivity index (χ3n) is 3.97. The number of primary amides is 1. The van der Waals surface area contributed by atoms with Crippen LogP contribution in [-0.4, -0.2) is 45.8 Å². The summed E-state index contributed by atoms with van der Waals surface area (Å²) < 4.78 is 5.98. The van der Waals surface area contributed by atoms with Gasteiger partial charge in [-0.15, -0.1) is 10.2 Å². The second-order valence-electron chi connectivity index (χ2n) is 5.65. The summed E-state index contributed by atoms with van der Waals surface area (Å²) in [6.45, 7) is 1.71. The lowest BCUT2D eigenvalue weighted by atomic mass is 9.96. The van der Waals surface area contributed by atoms with Crippen molar-refractivity contribution in [3.63, 3.8) is 0 Å². The van der Waals surface area contributed by atoms with Crippen LogP contribution < -0.4 is 11.1 Å². The summed E-state index contributed by atoms with van der Waals surface area (Å²) in [6, 6.07) is 3.71. The molecule has 1 saturated heterocycles. The number of likely N-dealkylation sites (tertiary alicyclic amines) is 1. The van der Waals surface area contributed by atoms with Gasteiger partial charge in [-0.1, -0.05) is 23.1 Å². The summed E-state index contributed by atoms with van der Waals surface area (Å²) in [6.07, 6.45) is 2.91.